The van der Waals surface area contributed by atoms with E-state index in [9.17, 15) is 4.79 Å². The van der Waals surface area contributed by atoms with Gasteiger partial charge in [-0.15, -0.1) is 16.4 Å². The quantitative estimate of drug-likeness (QED) is 0.903. The maximum absolute atomic E-state index is 12.7. The first-order valence-corrected chi connectivity index (χ1v) is 9.17. The van der Waals surface area contributed by atoms with Crippen molar-refractivity contribution < 1.29 is 4.79 Å². The van der Waals surface area contributed by atoms with Crippen LogP contribution < -0.4 is 15.9 Å². The van der Waals surface area contributed by atoms with Crippen molar-refractivity contribution in [1.82, 2.24) is 10.3 Å². The molecular formula is C16H14N4OS2. The van der Waals surface area contributed by atoms with E-state index in [1.807, 2.05) is 48.7 Å². The van der Waals surface area contributed by atoms with Gasteiger partial charge in [0.25, 0.3) is 5.91 Å². The van der Waals surface area contributed by atoms with E-state index < -0.39 is 0 Å². The Kier molecular flexibility index (Phi) is 3.66. The Labute approximate surface area is 141 Å². The van der Waals surface area contributed by atoms with Gasteiger partial charge in [0.1, 0.15) is 5.70 Å². The number of carbonyl (C=O) groups excluding carboxylic acids is 1. The predicted octanol–water partition coefficient (Wildman–Crippen LogP) is 1.64. The van der Waals surface area contributed by atoms with Crippen LogP contribution in [0.5, 0.6) is 0 Å². The number of thiophene rings is 1. The maximum Gasteiger partial charge on any atom is 0.276 e. The van der Waals surface area contributed by atoms with Crippen LogP contribution >= 0.6 is 23.1 Å². The molecule has 2 aliphatic heterocycles. The first-order valence-electron chi connectivity index (χ1n) is 7.30. The summed E-state index contributed by atoms with van der Waals surface area (Å²) >= 11 is 3.14. The average Bonchev–Trinajstić information content (AvgIpc) is 3.08. The van der Waals surface area contributed by atoms with E-state index in [2.05, 4.69) is 10.4 Å². The van der Waals surface area contributed by atoms with Gasteiger partial charge in [0.15, 0.2) is 11.3 Å². The van der Waals surface area contributed by atoms with E-state index in [0.717, 1.165) is 21.2 Å². The van der Waals surface area contributed by atoms with Crippen LogP contribution in [0.25, 0.3) is 5.70 Å². The number of fused-ring (bicyclic) bond motifs is 2. The Hall–Kier alpha value is -2.12. The minimum absolute atomic E-state index is 0.125. The molecule has 4 rings (SSSR count). The molecule has 0 saturated carbocycles. The number of hydrogen-bond donors (Lipinski definition) is 1. The molecule has 0 saturated heterocycles. The van der Waals surface area contributed by atoms with Crippen LogP contribution in [0.15, 0.2) is 51.9 Å². The number of hydrogen-bond acceptors (Lipinski definition) is 6. The number of benzene rings is 1. The number of amides is 1. The minimum atomic E-state index is -0.293. The van der Waals surface area contributed by atoms with E-state index in [4.69, 9.17) is 4.99 Å². The molecule has 0 unspecified atom stereocenters. The lowest BCUT2D eigenvalue weighted by atomic mass is 10.1. The lowest BCUT2D eigenvalue weighted by Crippen LogP contribution is -2.50. The molecule has 0 radical (unpaired) electrons. The molecule has 2 aliphatic rings. The largest absolute Gasteiger partial charge is 0.298 e. The van der Waals surface area contributed by atoms with Crippen molar-refractivity contribution in [1.29, 1.82) is 0 Å². The number of amidine groups is 1. The van der Waals surface area contributed by atoms with Crippen molar-refractivity contribution in [2.24, 2.45) is 10.1 Å². The molecule has 0 fully saturated rings. The molecule has 0 aliphatic carbocycles. The Morgan fingerprint density at radius 3 is 2.96 bits per heavy atom. The van der Waals surface area contributed by atoms with Crippen LogP contribution in [0.1, 0.15) is 18.0 Å². The zero-order valence-corrected chi connectivity index (χ0v) is 14.0. The third-order valence-electron chi connectivity index (χ3n) is 3.59. The summed E-state index contributed by atoms with van der Waals surface area (Å²) in [6.07, 6.45) is -0.293. The van der Waals surface area contributed by atoms with E-state index in [1.54, 1.807) is 16.3 Å². The van der Waals surface area contributed by atoms with E-state index >= 15 is 0 Å². The summed E-state index contributed by atoms with van der Waals surface area (Å²) in [4.78, 5) is 18.6. The van der Waals surface area contributed by atoms with Crippen molar-refractivity contribution in [3.05, 3.63) is 57.2 Å². The molecule has 1 amide bonds. The third-order valence-corrected chi connectivity index (χ3v) is 5.25. The number of rotatable bonds is 2. The second kappa shape index (κ2) is 5.82. The fourth-order valence-corrected chi connectivity index (χ4v) is 3.98. The van der Waals surface area contributed by atoms with Crippen LogP contribution in [-0.4, -0.2) is 21.8 Å². The molecular weight excluding hydrogens is 328 g/mol. The fourth-order valence-electron chi connectivity index (χ4n) is 2.65. The Morgan fingerprint density at radius 1 is 1.30 bits per heavy atom. The van der Waals surface area contributed by atoms with E-state index in [-0.39, 0.29) is 12.1 Å². The van der Waals surface area contributed by atoms with Gasteiger partial charge >= 0.3 is 0 Å². The highest BCUT2D eigenvalue weighted by Gasteiger charge is 2.34. The van der Waals surface area contributed by atoms with Crippen molar-refractivity contribution in [2.45, 2.75) is 13.1 Å². The van der Waals surface area contributed by atoms with Gasteiger partial charge in [0, 0.05) is 5.22 Å². The average molecular weight is 342 g/mol. The molecule has 116 valence electrons. The lowest BCUT2D eigenvalue weighted by Gasteiger charge is -2.33. The summed E-state index contributed by atoms with van der Waals surface area (Å²) < 4.78 is 0. The summed E-state index contributed by atoms with van der Waals surface area (Å²) in [5.74, 6) is 0.722. The van der Waals surface area contributed by atoms with Crippen molar-refractivity contribution in [3.63, 3.8) is 0 Å². The van der Waals surface area contributed by atoms with Gasteiger partial charge in [-0.05, 0) is 23.3 Å². The molecule has 5 nitrogen and oxygen atoms in total. The molecule has 1 atom stereocenters. The van der Waals surface area contributed by atoms with Gasteiger partial charge in [0.2, 0.25) is 0 Å². The minimum Gasteiger partial charge on any atom is -0.298 e. The molecule has 1 aromatic heterocycles. The van der Waals surface area contributed by atoms with E-state index in [0.29, 0.717) is 10.9 Å². The highest BCUT2D eigenvalue weighted by Crippen LogP contribution is 2.32. The molecule has 7 heteroatoms. The summed E-state index contributed by atoms with van der Waals surface area (Å²) in [7, 11) is 0. The summed E-state index contributed by atoms with van der Waals surface area (Å²) in [5.41, 5.74) is 0.564. The predicted molar refractivity (Wildman–Crippen MR) is 93.2 cm³/mol. The highest BCUT2D eigenvalue weighted by atomic mass is 32.2. The second-order valence-corrected chi connectivity index (χ2v) is 7.25. The number of carbonyl (C=O) groups is 1. The van der Waals surface area contributed by atoms with Gasteiger partial charge in [-0.1, -0.05) is 43.0 Å². The first kappa shape index (κ1) is 14.5. The Morgan fingerprint density at radius 2 is 2.17 bits per heavy atom. The van der Waals surface area contributed by atoms with Crippen molar-refractivity contribution >= 4 is 39.9 Å². The standard InChI is InChI=1S/C16H14N4OS2/c1-2-22-16-18-15(21)13-10-6-3-4-7-11(10)17-14(20(13)19-16)12-8-5-9-23-12/h3-9,14H,2H2,1H3,(H,18,19,21)/t14-/m1/s1. The maximum atomic E-state index is 12.7. The van der Waals surface area contributed by atoms with Gasteiger partial charge in [-0.25, -0.2) is 5.01 Å². The monoisotopic (exact) mass is 342 g/mol. The Balaban J connectivity index is 1.96. The summed E-state index contributed by atoms with van der Waals surface area (Å²) in [5, 5.41) is 13.6. The second-order valence-electron chi connectivity index (χ2n) is 5.02. The van der Waals surface area contributed by atoms with Crippen molar-refractivity contribution in [3.8, 4) is 0 Å². The highest BCUT2D eigenvalue weighted by molar-refractivity contribution is 8.13. The van der Waals surface area contributed by atoms with Crippen LogP contribution in [0.3, 0.4) is 0 Å². The summed E-state index contributed by atoms with van der Waals surface area (Å²) in [6, 6.07) is 11.7. The number of nitrogens with one attached hydrogen (secondary N) is 1. The smallest absolute Gasteiger partial charge is 0.276 e. The first-order chi connectivity index (χ1) is 11.3. The molecule has 0 spiro atoms. The lowest BCUT2D eigenvalue weighted by molar-refractivity contribution is -0.116. The van der Waals surface area contributed by atoms with Gasteiger partial charge < -0.3 is 0 Å². The summed E-state index contributed by atoms with van der Waals surface area (Å²) in [6.45, 7) is 2.03. The zero-order valence-electron chi connectivity index (χ0n) is 12.4. The van der Waals surface area contributed by atoms with Crippen molar-refractivity contribution in [2.75, 3.05) is 5.75 Å². The van der Waals surface area contributed by atoms with Gasteiger partial charge in [0.05, 0.1) is 10.2 Å². The molecule has 1 N–H and O–H groups in total. The number of para-hydroxylation sites is 1. The fraction of sp³-hybridized carbons (Fsp3) is 0.188. The number of nitrogens with zero attached hydrogens (tertiary/aromatic N) is 3. The van der Waals surface area contributed by atoms with Crippen LogP contribution in [0.4, 0.5) is 0 Å². The van der Waals surface area contributed by atoms with Gasteiger partial charge in [-0.3, -0.25) is 15.1 Å². The SMILES string of the molecule is CCSC1=NN2C(=c3ccccc3=N[C@H]2c2cccs2)C(=O)N1. The normalized spacial score (nSPS) is 19.4. The third kappa shape index (κ3) is 2.46. The zero-order chi connectivity index (χ0) is 15.8. The molecule has 1 aromatic carbocycles. The topological polar surface area (TPSA) is 57.1 Å². The number of thioether (sulfide) groups is 1. The van der Waals surface area contributed by atoms with E-state index in [1.165, 1.54) is 11.8 Å². The molecule has 3 heterocycles. The van der Waals surface area contributed by atoms with Crippen LogP contribution in [0, 0.1) is 0 Å². The van der Waals surface area contributed by atoms with Crippen LogP contribution in [0.2, 0.25) is 0 Å². The molecule has 23 heavy (non-hydrogen) atoms. The molecule has 0 bridgehead atoms. The molecule has 2 aromatic rings. The van der Waals surface area contributed by atoms with Crippen LogP contribution in [-0.2, 0) is 4.79 Å². The van der Waals surface area contributed by atoms with Gasteiger partial charge in [-0.2, -0.15) is 0 Å². The number of hydrazone groups is 1. The Bertz CT molecular complexity index is 904.